The summed E-state index contributed by atoms with van der Waals surface area (Å²) in [6.45, 7) is 6.15. The average Bonchev–Trinajstić information content (AvgIpc) is 2.59. The predicted octanol–water partition coefficient (Wildman–Crippen LogP) is -2.21. The molecule has 1 aromatic rings. The number of ether oxygens (including phenoxy) is 2. The van der Waals surface area contributed by atoms with Gasteiger partial charge in [0.15, 0.2) is 11.5 Å². The van der Waals surface area contributed by atoms with Crippen molar-refractivity contribution in [2.24, 2.45) is 0 Å². The van der Waals surface area contributed by atoms with Gasteiger partial charge in [0.05, 0.1) is 32.7 Å². The van der Waals surface area contributed by atoms with Gasteiger partial charge < -0.3 is 19.3 Å². The Morgan fingerprint density at radius 1 is 1.08 bits per heavy atom. The molecular formula is C16H29N3O4S+2. The van der Waals surface area contributed by atoms with Crippen LogP contribution in [0.3, 0.4) is 0 Å². The van der Waals surface area contributed by atoms with Gasteiger partial charge in [-0.15, -0.1) is 0 Å². The second-order valence-corrected chi connectivity index (χ2v) is 7.99. The Hall–Kier alpha value is -1.35. The fourth-order valence-electron chi connectivity index (χ4n) is 2.89. The van der Waals surface area contributed by atoms with Gasteiger partial charge in [0.25, 0.3) is 0 Å². The van der Waals surface area contributed by atoms with Gasteiger partial charge in [0, 0.05) is 19.0 Å². The fourth-order valence-corrected chi connectivity index (χ4v) is 3.98. The van der Waals surface area contributed by atoms with Crippen molar-refractivity contribution in [2.45, 2.75) is 11.3 Å². The van der Waals surface area contributed by atoms with Crippen LogP contribution in [0.5, 0.6) is 11.5 Å². The smallest absolute Gasteiger partial charge is 0.240 e. The SMILES string of the molecule is COc1ccc(S(=O)(=O)NCCC[NH+]2CC[NH+](C)CC2)cc1OC. The first-order valence-corrected chi connectivity index (χ1v) is 9.81. The fraction of sp³-hybridized carbons (Fsp3) is 0.625. The minimum absolute atomic E-state index is 0.190. The van der Waals surface area contributed by atoms with Gasteiger partial charge in [-0.1, -0.05) is 0 Å². The zero-order valence-electron chi connectivity index (χ0n) is 14.7. The summed E-state index contributed by atoms with van der Waals surface area (Å²) in [5.74, 6) is 0.919. The van der Waals surface area contributed by atoms with Crippen molar-refractivity contribution in [1.82, 2.24) is 4.72 Å². The van der Waals surface area contributed by atoms with Crippen LogP contribution in [0.4, 0.5) is 0 Å². The molecule has 2 rings (SSSR count). The number of piperazine rings is 1. The van der Waals surface area contributed by atoms with Crippen molar-refractivity contribution >= 4 is 10.0 Å². The summed E-state index contributed by atoms with van der Waals surface area (Å²) in [6.07, 6.45) is 0.834. The van der Waals surface area contributed by atoms with E-state index in [2.05, 4.69) is 11.8 Å². The van der Waals surface area contributed by atoms with Crippen molar-refractivity contribution in [3.63, 3.8) is 0 Å². The number of nitrogens with one attached hydrogen (secondary N) is 3. The van der Waals surface area contributed by atoms with Crippen LogP contribution < -0.4 is 24.0 Å². The Labute approximate surface area is 144 Å². The van der Waals surface area contributed by atoms with E-state index in [9.17, 15) is 8.42 Å². The van der Waals surface area contributed by atoms with E-state index in [1.165, 1.54) is 39.4 Å². The Morgan fingerprint density at radius 2 is 1.75 bits per heavy atom. The van der Waals surface area contributed by atoms with Crippen molar-refractivity contribution in [1.29, 1.82) is 0 Å². The van der Waals surface area contributed by atoms with Gasteiger partial charge in [-0.05, 0) is 12.1 Å². The molecule has 24 heavy (non-hydrogen) atoms. The van der Waals surface area contributed by atoms with Crippen LogP contribution in [-0.2, 0) is 10.0 Å². The maximum atomic E-state index is 12.4. The largest absolute Gasteiger partial charge is 0.493 e. The maximum Gasteiger partial charge on any atom is 0.240 e. The van der Waals surface area contributed by atoms with Crippen molar-refractivity contribution in [3.05, 3.63) is 18.2 Å². The van der Waals surface area contributed by atoms with Crippen molar-refractivity contribution < 1.29 is 27.7 Å². The second-order valence-electron chi connectivity index (χ2n) is 6.23. The molecule has 1 saturated heterocycles. The number of rotatable bonds is 8. The summed E-state index contributed by atoms with van der Waals surface area (Å²) >= 11 is 0. The van der Waals surface area contributed by atoms with E-state index in [1.807, 2.05) is 0 Å². The van der Waals surface area contributed by atoms with Gasteiger partial charge >= 0.3 is 0 Å². The molecule has 7 nitrogen and oxygen atoms in total. The molecule has 136 valence electrons. The van der Waals surface area contributed by atoms with Crippen molar-refractivity contribution in [2.75, 3.05) is 60.5 Å². The lowest BCUT2D eigenvalue weighted by atomic mass is 10.3. The lowest BCUT2D eigenvalue weighted by Crippen LogP contribution is -3.27. The number of sulfonamides is 1. The van der Waals surface area contributed by atoms with Crippen LogP contribution in [0.25, 0.3) is 0 Å². The van der Waals surface area contributed by atoms with Crippen LogP contribution in [-0.4, -0.2) is 69.0 Å². The van der Waals surface area contributed by atoms with Crippen LogP contribution in [0.2, 0.25) is 0 Å². The van der Waals surface area contributed by atoms with E-state index in [0.717, 1.165) is 26.1 Å². The molecule has 1 aromatic carbocycles. The van der Waals surface area contributed by atoms with E-state index in [4.69, 9.17) is 9.47 Å². The molecule has 0 aliphatic carbocycles. The topological polar surface area (TPSA) is 73.5 Å². The van der Waals surface area contributed by atoms with Crippen LogP contribution >= 0.6 is 0 Å². The zero-order chi connectivity index (χ0) is 17.6. The lowest BCUT2D eigenvalue weighted by molar-refractivity contribution is -1.00. The molecule has 0 saturated carbocycles. The molecule has 1 aliphatic rings. The van der Waals surface area contributed by atoms with Crippen LogP contribution in [0.1, 0.15) is 6.42 Å². The molecule has 0 spiro atoms. The summed E-state index contributed by atoms with van der Waals surface area (Å²) < 4.78 is 37.7. The number of likely N-dealkylation sites (N-methyl/N-ethyl adjacent to an activating group) is 1. The summed E-state index contributed by atoms with van der Waals surface area (Å²) in [6, 6.07) is 4.61. The van der Waals surface area contributed by atoms with E-state index in [1.54, 1.807) is 15.9 Å². The third-order valence-electron chi connectivity index (χ3n) is 4.48. The minimum atomic E-state index is -3.53. The number of hydrogen-bond donors (Lipinski definition) is 3. The van der Waals surface area contributed by atoms with E-state index in [0.29, 0.717) is 18.0 Å². The zero-order valence-corrected chi connectivity index (χ0v) is 15.5. The highest BCUT2D eigenvalue weighted by molar-refractivity contribution is 7.89. The molecule has 0 aromatic heterocycles. The van der Waals surface area contributed by atoms with Gasteiger partial charge in [-0.2, -0.15) is 0 Å². The monoisotopic (exact) mass is 359 g/mol. The molecule has 8 heteroatoms. The molecule has 0 bridgehead atoms. The molecule has 1 heterocycles. The van der Waals surface area contributed by atoms with E-state index >= 15 is 0 Å². The Balaban J connectivity index is 1.85. The van der Waals surface area contributed by atoms with Crippen LogP contribution in [0, 0.1) is 0 Å². The maximum absolute atomic E-state index is 12.4. The summed E-state index contributed by atoms with van der Waals surface area (Å²) in [4.78, 5) is 3.33. The average molecular weight is 359 g/mol. The highest BCUT2D eigenvalue weighted by atomic mass is 32.2. The minimum Gasteiger partial charge on any atom is -0.493 e. The molecule has 0 amide bonds. The van der Waals surface area contributed by atoms with Gasteiger partial charge in [0.2, 0.25) is 10.0 Å². The van der Waals surface area contributed by atoms with Crippen LogP contribution in [0.15, 0.2) is 23.1 Å². The van der Waals surface area contributed by atoms with E-state index in [-0.39, 0.29) is 4.90 Å². The molecule has 1 fully saturated rings. The third-order valence-corrected chi connectivity index (χ3v) is 5.93. The Kier molecular flexibility index (Phi) is 6.85. The summed E-state index contributed by atoms with van der Waals surface area (Å²) in [7, 11) is 1.70. The predicted molar refractivity (Wildman–Crippen MR) is 91.5 cm³/mol. The molecule has 0 atom stereocenters. The quantitative estimate of drug-likeness (QED) is 0.460. The highest BCUT2D eigenvalue weighted by Crippen LogP contribution is 2.29. The molecule has 1 aliphatic heterocycles. The van der Waals surface area contributed by atoms with Crippen molar-refractivity contribution in [3.8, 4) is 11.5 Å². The Bertz CT molecular complexity index is 628. The number of hydrogen-bond acceptors (Lipinski definition) is 4. The van der Waals surface area contributed by atoms with E-state index < -0.39 is 10.0 Å². The second kappa shape index (κ2) is 8.66. The molecular weight excluding hydrogens is 330 g/mol. The highest BCUT2D eigenvalue weighted by Gasteiger charge is 2.20. The molecule has 0 radical (unpaired) electrons. The van der Waals surface area contributed by atoms with Gasteiger partial charge in [0.1, 0.15) is 26.2 Å². The first kappa shape index (κ1) is 19.0. The number of benzene rings is 1. The number of quaternary nitrogens is 2. The third kappa shape index (κ3) is 5.07. The van der Waals surface area contributed by atoms with Gasteiger partial charge in [-0.3, -0.25) is 0 Å². The molecule has 3 N–H and O–H groups in total. The first-order chi connectivity index (χ1) is 11.5. The first-order valence-electron chi connectivity index (χ1n) is 8.33. The number of methoxy groups -OCH3 is 2. The lowest BCUT2D eigenvalue weighted by Gasteiger charge is -2.27. The Morgan fingerprint density at radius 3 is 2.38 bits per heavy atom. The van der Waals surface area contributed by atoms with Gasteiger partial charge in [-0.25, -0.2) is 13.1 Å². The molecule has 0 unspecified atom stereocenters. The summed E-state index contributed by atoms with van der Waals surface area (Å²) in [5, 5.41) is 0. The standard InChI is InChI=1S/C16H27N3O4S/c1-18-9-11-19(12-10-18)8-4-7-17-24(20,21)14-5-6-15(22-2)16(13-14)23-3/h5-6,13,17H,4,7-12H2,1-3H3/p+2. The summed E-state index contributed by atoms with van der Waals surface area (Å²) in [5.41, 5.74) is 0. The normalized spacial score (nSPS) is 21.5.